The number of amides is 1. The number of carbonyl (C=O) groups is 1. The number of likely N-dealkylation sites (tertiary alicyclic amines) is 1. The standard InChI is InChI=1S/C25H23N9O3/c1-16-8-17(2-3-20(16)37-18-4-6-33-21(9-18)26-14-28-33)30-23-22-19(5-7-34(22)29-15-27-23)31-10-25(11-31)12-32(13-25)24(35)36/h2-9,14-15H,10-13H2,1H3,(H,35,36)(H,27,29,30). The monoisotopic (exact) mass is 497 g/mol. The minimum absolute atomic E-state index is 0.0570. The summed E-state index contributed by atoms with van der Waals surface area (Å²) in [5, 5.41) is 21.1. The van der Waals surface area contributed by atoms with Crippen LogP contribution in [0.4, 0.5) is 22.0 Å². The van der Waals surface area contributed by atoms with E-state index in [9.17, 15) is 4.79 Å². The molecule has 7 rings (SSSR count). The van der Waals surface area contributed by atoms with Gasteiger partial charge in [0.1, 0.15) is 29.7 Å². The van der Waals surface area contributed by atoms with E-state index in [0.29, 0.717) is 30.3 Å². The number of nitrogens with zero attached hydrogens (tertiary/aromatic N) is 8. The molecular formula is C25H23N9O3. The maximum Gasteiger partial charge on any atom is 0.407 e. The van der Waals surface area contributed by atoms with E-state index in [1.54, 1.807) is 4.52 Å². The SMILES string of the molecule is Cc1cc(Nc2ncnn3ccc(N4CC5(CN(C(=O)O)C5)C4)c23)ccc1Oc1ccn2ncnc2c1. The molecular weight excluding hydrogens is 474 g/mol. The number of aromatic nitrogens is 6. The summed E-state index contributed by atoms with van der Waals surface area (Å²) in [4.78, 5) is 23.6. The third-order valence-corrected chi connectivity index (χ3v) is 7.07. The fourth-order valence-corrected chi connectivity index (χ4v) is 5.28. The Balaban J connectivity index is 1.10. The predicted molar refractivity (Wildman–Crippen MR) is 135 cm³/mol. The molecule has 0 saturated carbocycles. The summed E-state index contributed by atoms with van der Waals surface area (Å²) in [6, 6.07) is 11.6. The molecule has 12 heteroatoms. The molecule has 2 fully saturated rings. The number of ether oxygens (including phenoxy) is 1. The second-order valence-electron chi connectivity index (χ2n) is 9.73. The summed E-state index contributed by atoms with van der Waals surface area (Å²) in [5.74, 6) is 2.12. The number of fused-ring (bicyclic) bond motifs is 2. The van der Waals surface area contributed by atoms with Crippen molar-refractivity contribution < 1.29 is 14.6 Å². The van der Waals surface area contributed by atoms with E-state index in [1.807, 2.05) is 60.2 Å². The molecule has 4 aromatic heterocycles. The lowest BCUT2D eigenvalue weighted by molar-refractivity contribution is -0.00929. The van der Waals surface area contributed by atoms with Crippen LogP contribution in [0.25, 0.3) is 11.2 Å². The van der Waals surface area contributed by atoms with Crippen LogP contribution < -0.4 is 15.0 Å². The van der Waals surface area contributed by atoms with Crippen molar-refractivity contribution in [3.05, 3.63) is 67.0 Å². The van der Waals surface area contributed by atoms with Crippen LogP contribution in [0.5, 0.6) is 11.5 Å². The van der Waals surface area contributed by atoms with Crippen LogP contribution >= 0.6 is 0 Å². The molecule has 1 amide bonds. The average Bonchev–Trinajstić information content (AvgIpc) is 3.46. The van der Waals surface area contributed by atoms with Gasteiger partial charge in [-0.05, 0) is 42.8 Å². The molecule has 12 nitrogen and oxygen atoms in total. The summed E-state index contributed by atoms with van der Waals surface area (Å²) < 4.78 is 9.59. The normalized spacial score (nSPS) is 16.1. The van der Waals surface area contributed by atoms with Crippen LogP contribution in [-0.2, 0) is 0 Å². The third-order valence-electron chi connectivity index (χ3n) is 7.07. The van der Waals surface area contributed by atoms with Crippen LogP contribution in [0, 0.1) is 12.3 Å². The molecule has 0 radical (unpaired) electrons. The van der Waals surface area contributed by atoms with Gasteiger partial charge in [-0.1, -0.05) is 0 Å². The first-order valence-electron chi connectivity index (χ1n) is 11.9. The number of aryl methyl sites for hydroxylation is 1. The van der Waals surface area contributed by atoms with Crippen molar-refractivity contribution in [3.63, 3.8) is 0 Å². The van der Waals surface area contributed by atoms with E-state index in [-0.39, 0.29) is 5.41 Å². The van der Waals surface area contributed by atoms with Gasteiger partial charge >= 0.3 is 6.09 Å². The summed E-state index contributed by atoms with van der Waals surface area (Å²) in [6.45, 7) is 4.81. The van der Waals surface area contributed by atoms with Crippen molar-refractivity contribution in [2.24, 2.45) is 5.41 Å². The summed E-state index contributed by atoms with van der Waals surface area (Å²) in [7, 11) is 0. The van der Waals surface area contributed by atoms with Gasteiger partial charge in [-0.15, -0.1) is 0 Å². The van der Waals surface area contributed by atoms with Gasteiger partial charge in [-0.3, -0.25) is 0 Å². The molecule has 186 valence electrons. The maximum absolute atomic E-state index is 11.2. The summed E-state index contributed by atoms with van der Waals surface area (Å²) in [6.07, 6.45) is 5.91. The van der Waals surface area contributed by atoms with Gasteiger partial charge in [0.05, 0.1) is 5.69 Å². The van der Waals surface area contributed by atoms with Crippen molar-refractivity contribution in [2.75, 3.05) is 36.4 Å². The Bertz CT molecular complexity index is 1660. The number of pyridine rings is 1. The van der Waals surface area contributed by atoms with Crippen LogP contribution in [0.15, 0.2) is 61.4 Å². The molecule has 5 aromatic rings. The van der Waals surface area contributed by atoms with E-state index < -0.39 is 6.09 Å². The van der Waals surface area contributed by atoms with E-state index in [4.69, 9.17) is 9.84 Å². The lowest BCUT2D eigenvalue weighted by Crippen LogP contribution is -2.73. The Labute approximate surface area is 210 Å². The molecule has 2 saturated heterocycles. The van der Waals surface area contributed by atoms with Crippen molar-refractivity contribution in [2.45, 2.75) is 6.92 Å². The molecule has 1 aromatic carbocycles. The quantitative estimate of drug-likeness (QED) is 0.376. The zero-order chi connectivity index (χ0) is 25.1. The molecule has 1 spiro atoms. The molecule has 0 atom stereocenters. The summed E-state index contributed by atoms with van der Waals surface area (Å²) >= 11 is 0. The number of anilines is 3. The minimum Gasteiger partial charge on any atom is -0.465 e. The van der Waals surface area contributed by atoms with Crippen molar-refractivity contribution >= 4 is 34.4 Å². The number of rotatable bonds is 5. The fraction of sp³-hybridized carbons (Fsp3) is 0.240. The smallest absolute Gasteiger partial charge is 0.407 e. The first kappa shape index (κ1) is 21.4. The van der Waals surface area contributed by atoms with Gasteiger partial charge in [-0.2, -0.15) is 10.2 Å². The van der Waals surface area contributed by atoms with Crippen molar-refractivity contribution in [3.8, 4) is 11.5 Å². The lowest BCUT2D eigenvalue weighted by atomic mass is 9.73. The molecule has 2 aliphatic rings. The first-order valence-corrected chi connectivity index (χ1v) is 11.9. The fourth-order valence-electron chi connectivity index (χ4n) is 5.28. The molecule has 2 aliphatic heterocycles. The van der Waals surface area contributed by atoms with Gasteiger partial charge in [0.2, 0.25) is 0 Å². The van der Waals surface area contributed by atoms with E-state index >= 15 is 0 Å². The van der Waals surface area contributed by atoms with E-state index in [2.05, 4.69) is 30.4 Å². The van der Waals surface area contributed by atoms with Crippen LogP contribution in [0.3, 0.4) is 0 Å². The largest absolute Gasteiger partial charge is 0.465 e. The Morgan fingerprint density at radius 1 is 1.00 bits per heavy atom. The summed E-state index contributed by atoms with van der Waals surface area (Å²) in [5.41, 5.74) is 4.52. The van der Waals surface area contributed by atoms with Crippen molar-refractivity contribution in [1.82, 2.24) is 34.1 Å². The molecule has 6 heterocycles. The first-order chi connectivity index (χ1) is 18.0. The Kier molecular flexibility index (Phi) is 4.52. The number of benzene rings is 1. The van der Waals surface area contributed by atoms with Gasteiger partial charge in [0, 0.05) is 55.7 Å². The van der Waals surface area contributed by atoms with Gasteiger partial charge in [-0.25, -0.2) is 23.8 Å². The van der Waals surface area contributed by atoms with Crippen LogP contribution in [-0.4, -0.2) is 71.5 Å². The van der Waals surface area contributed by atoms with Gasteiger partial charge in [0.15, 0.2) is 11.5 Å². The van der Waals surface area contributed by atoms with Gasteiger partial charge < -0.3 is 25.0 Å². The van der Waals surface area contributed by atoms with Crippen molar-refractivity contribution in [1.29, 1.82) is 0 Å². The zero-order valence-corrected chi connectivity index (χ0v) is 19.9. The predicted octanol–water partition coefficient (Wildman–Crippen LogP) is 3.42. The van der Waals surface area contributed by atoms with Gasteiger partial charge in [0.25, 0.3) is 0 Å². The Hall–Kier alpha value is -4.87. The molecule has 0 unspecified atom stereocenters. The number of nitrogens with one attached hydrogen (secondary N) is 1. The molecule has 2 N–H and O–H groups in total. The maximum atomic E-state index is 11.2. The zero-order valence-electron chi connectivity index (χ0n) is 19.9. The van der Waals surface area contributed by atoms with Crippen LogP contribution in [0.2, 0.25) is 0 Å². The Morgan fingerprint density at radius 2 is 1.78 bits per heavy atom. The van der Waals surface area contributed by atoms with E-state index in [0.717, 1.165) is 41.3 Å². The average molecular weight is 498 g/mol. The topological polar surface area (TPSA) is 125 Å². The third kappa shape index (κ3) is 3.56. The number of hydrogen-bond donors (Lipinski definition) is 2. The van der Waals surface area contributed by atoms with E-state index in [1.165, 1.54) is 17.6 Å². The number of carboxylic acid groups (broad SMARTS) is 1. The molecule has 37 heavy (non-hydrogen) atoms. The molecule has 0 aliphatic carbocycles. The van der Waals surface area contributed by atoms with Crippen LogP contribution in [0.1, 0.15) is 5.56 Å². The highest BCUT2D eigenvalue weighted by atomic mass is 16.5. The second kappa shape index (κ2) is 7.82. The molecule has 0 bridgehead atoms. The highest BCUT2D eigenvalue weighted by Crippen LogP contribution is 2.44. The minimum atomic E-state index is -0.846. The second-order valence-corrected chi connectivity index (χ2v) is 9.73. The lowest BCUT2D eigenvalue weighted by Gasteiger charge is -2.60. The number of hydrogen-bond acceptors (Lipinski definition) is 8. The Morgan fingerprint density at radius 3 is 2.59 bits per heavy atom. The highest BCUT2D eigenvalue weighted by molar-refractivity contribution is 5.87. The highest BCUT2D eigenvalue weighted by Gasteiger charge is 2.53.